The fourth-order valence-electron chi connectivity index (χ4n) is 2.56. The second-order valence-electron chi connectivity index (χ2n) is 5.28. The van der Waals surface area contributed by atoms with Crippen LogP contribution >= 0.6 is 0 Å². The highest BCUT2D eigenvalue weighted by Gasteiger charge is 2.30. The minimum absolute atomic E-state index is 0.00161. The topological polar surface area (TPSA) is 140 Å². The summed E-state index contributed by atoms with van der Waals surface area (Å²) in [5, 5.41) is 9.85. The number of methoxy groups -OCH3 is 1. The molecule has 0 radical (unpaired) electrons. The average molecular weight is 309 g/mol. The molecule has 1 aliphatic rings. The molecule has 9 nitrogen and oxygen atoms in total. The minimum atomic E-state index is -0.470. The maximum Gasteiger partial charge on any atom is 0.308 e. The highest BCUT2D eigenvalue weighted by Crippen LogP contribution is 2.29. The Bertz CT molecular complexity index is 607. The van der Waals surface area contributed by atoms with Crippen molar-refractivity contribution >= 4 is 17.8 Å². The molecule has 1 heterocycles. The van der Waals surface area contributed by atoms with Gasteiger partial charge in [0, 0.05) is 5.92 Å². The van der Waals surface area contributed by atoms with Gasteiger partial charge in [-0.2, -0.15) is 0 Å². The lowest BCUT2D eigenvalue weighted by molar-refractivity contribution is -0.147. The third kappa shape index (κ3) is 3.80. The third-order valence-electron chi connectivity index (χ3n) is 3.84. The largest absolute Gasteiger partial charge is 0.469 e. The number of amides is 1. The van der Waals surface area contributed by atoms with Crippen molar-refractivity contribution in [3.05, 3.63) is 16.0 Å². The number of esters is 1. The molecule has 0 bridgehead atoms. The highest BCUT2D eigenvalue weighted by atomic mass is 16.5. The number of hydrogen-bond acceptors (Lipinski definition) is 7. The van der Waals surface area contributed by atoms with Crippen LogP contribution in [0.4, 0.5) is 5.95 Å². The molecule has 0 aromatic carbocycles. The number of nitrogens with two attached hydrogens (primary N) is 1. The van der Waals surface area contributed by atoms with E-state index in [1.165, 1.54) is 7.11 Å². The Balaban J connectivity index is 1.83. The lowest BCUT2D eigenvalue weighted by Gasteiger charge is -2.25. The van der Waals surface area contributed by atoms with Crippen LogP contribution in [0.5, 0.6) is 0 Å². The Morgan fingerprint density at radius 3 is 2.50 bits per heavy atom. The summed E-state index contributed by atoms with van der Waals surface area (Å²) in [6.07, 6.45) is 2.50. The number of nitrogen functional groups attached to an aromatic ring is 1. The van der Waals surface area contributed by atoms with Crippen LogP contribution in [-0.2, 0) is 20.9 Å². The molecule has 0 aliphatic heterocycles. The number of carbonyl (C=O) groups excluding carboxylic acids is 2. The SMILES string of the molecule is COC(=O)C1CCC(C(=O)NCc2nnc(N)[nH]c2=O)CC1. The molecule has 1 aliphatic carbocycles. The van der Waals surface area contributed by atoms with Crippen molar-refractivity contribution in [1.82, 2.24) is 20.5 Å². The summed E-state index contributed by atoms with van der Waals surface area (Å²) in [6, 6.07) is 0. The third-order valence-corrected chi connectivity index (χ3v) is 3.84. The molecule has 0 unspecified atom stereocenters. The molecular weight excluding hydrogens is 290 g/mol. The lowest BCUT2D eigenvalue weighted by Crippen LogP contribution is -2.36. The molecule has 1 aromatic heterocycles. The van der Waals surface area contributed by atoms with Gasteiger partial charge in [0.05, 0.1) is 19.6 Å². The monoisotopic (exact) mass is 309 g/mol. The fraction of sp³-hybridized carbons (Fsp3) is 0.615. The molecule has 0 spiro atoms. The van der Waals surface area contributed by atoms with E-state index in [0.717, 1.165) is 0 Å². The number of ether oxygens (including phenoxy) is 1. The molecule has 9 heteroatoms. The molecule has 0 atom stereocenters. The summed E-state index contributed by atoms with van der Waals surface area (Å²) in [4.78, 5) is 37.4. The number of aromatic nitrogens is 3. The van der Waals surface area contributed by atoms with Gasteiger partial charge in [-0.05, 0) is 25.7 Å². The Hall–Kier alpha value is -2.45. The van der Waals surface area contributed by atoms with Crippen molar-refractivity contribution in [2.75, 3.05) is 12.8 Å². The van der Waals surface area contributed by atoms with Gasteiger partial charge in [-0.15, -0.1) is 10.2 Å². The molecule has 2 rings (SSSR count). The van der Waals surface area contributed by atoms with Gasteiger partial charge in [0.25, 0.3) is 5.56 Å². The van der Waals surface area contributed by atoms with Gasteiger partial charge in [-0.3, -0.25) is 19.4 Å². The van der Waals surface area contributed by atoms with Crippen LogP contribution in [-0.4, -0.2) is 34.2 Å². The summed E-state index contributed by atoms with van der Waals surface area (Å²) in [6.45, 7) is -0.00161. The van der Waals surface area contributed by atoms with E-state index in [2.05, 4.69) is 20.5 Å². The predicted octanol–water partition coefficient (Wildman–Crippen LogP) is -0.657. The van der Waals surface area contributed by atoms with Crippen LogP contribution in [0.15, 0.2) is 4.79 Å². The van der Waals surface area contributed by atoms with Crippen LogP contribution in [0.2, 0.25) is 0 Å². The molecule has 1 aromatic rings. The van der Waals surface area contributed by atoms with Gasteiger partial charge in [0.2, 0.25) is 11.9 Å². The summed E-state index contributed by atoms with van der Waals surface area (Å²) in [5.41, 5.74) is 4.93. The molecule has 1 saturated carbocycles. The van der Waals surface area contributed by atoms with Crippen LogP contribution in [0.3, 0.4) is 0 Å². The lowest BCUT2D eigenvalue weighted by atomic mass is 9.81. The van der Waals surface area contributed by atoms with Crippen molar-refractivity contribution in [2.45, 2.75) is 32.2 Å². The maximum atomic E-state index is 12.1. The van der Waals surface area contributed by atoms with Crippen molar-refractivity contribution in [3.63, 3.8) is 0 Å². The summed E-state index contributed by atoms with van der Waals surface area (Å²) >= 11 is 0. The van der Waals surface area contributed by atoms with Crippen LogP contribution in [0.1, 0.15) is 31.4 Å². The normalized spacial score (nSPS) is 21.1. The zero-order valence-corrected chi connectivity index (χ0v) is 12.3. The number of aromatic amines is 1. The van der Waals surface area contributed by atoms with Gasteiger partial charge < -0.3 is 15.8 Å². The first-order valence-electron chi connectivity index (χ1n) is 7.08. The van der Waals surface area contributed by atoms with Gasteiger partial charge in [-0.1, -0.05) is 0 Å². The number of nitrogens with zero attached hydrogens (tertiary/aromatic N) is 2. The molecule has 120 valence electrons. The Labute approximate surface area is 126 Å². The van der Waals surface area contributed by atoms with Gasteiger partial charge >= 0.3 is 5.97 Å². The van der Waals surface area contributed by atoms with E-state index in [0.29, 0.717) is 25.7 Å². The Morgan fingerprint density at radius 2 is 1.91 bits per heavy atom. The van der Waals surface area contributed by atoms with E-state index >= 15 is 0 Å². The van der Waals surface area contributed by atoms with E-state index in [1.807, 2.05) is 0 Å². The smallest absolute Gasteiger partial charge is 0.308 e. The van der Waals surface area contributed by atoms with E-state index in [1.54, 1.807) is 0 Å². The van der Waals surface area contributed by atoms with E-state index < -0.39 is 5.56 Å². The van der Waals surface area contributed by atoms with Crippen LogP contribution < -0.4 is 16.6 Å². The predicted molar refractivity (Wildman–Crippen MR) is 76.4 cm³/mol. The average Bonchev–Trinajstić information content (AvgIpc) is 2.53. The Morgan fingerprint density at radius 1 is 1.27 bits per heavy atom. The van der Waals surface area contributed by atoms with E-state index in [4.69, 9.17) is 10.5 Å². The van der Waals surface area contributed by atoms with Crippen molar-refractivity contribution < 1.29 is 14.3 Å². The minimum Gasteiger partial charge on any atom is -0.469 e. The molecule has 4 N–H and O–H groups in total. The van der Waals surface area contributed by atoms with Crippen LogP contribution in [0, 0.1) is 11.8 Å². The molecule has 22 heavy (non-hydrogen) atoms. The van der Waals surface area contributed by atoms with Gasteiger partial charge in [0.1, 0.15) is 5.69 Å². The standard InChI is InChI=1S/C13H19N5O4/c1-22-12(21)8-4-2-7(3-5-8)10(19)15-6-9-11(20)16-13(14)18-17-9/h7-8H,2-6H2,1H3,(H,15,19)(H3,14,16,18,20). The first kappa shape index (κ1) is 15.9. The van der Waals surface area contributed by atoms with Crippen LogP contribution in [0.25, 0.3) is 0 Å². The van der Waals surface area contributed by atoms with Gasteiger partial charge in [-0.25, -0.2) is 0 Å². The number of H-pyrrole nitrogens is 1. The molecule has 0 saturated heterocycles. The molecule has 1 fully saturated rings. The Kier molecular flexibility index (Phi) is 5.08. The van der Waals surface area contributed by atoms with E-state index in [-0.39, 0.29) is 41.9 Å². The summed E-state index contributed by atoms with van der Waals surface area (Å²) in [7, 11) is 1.37. The maximum absolute atomic E-state index is 12.1. The zero-order valence-electron chi connectivity index (χ0n) is 12.3. The number of rotatable bonds is 4. The number of anilines is 1. The van der Waals surface area contributed by atoms with E-state index in [9.17, 15) is 14.4 Å². The van der Waals surface area contributed by atoms with Crippen molar-refractivity contribution in [3.8, 4) is 0 Å². The first-order chi connectivity index (χ1) is 10.5. The number of nitrogens with one attached hydrogen (secondary N) is 2. The zero-order chi connectivity index (χ0) is 16.1. The number of carbonyl (C=O) groups is 2. The second kappa shape index (κ2) is 7.01. The van der Waals surface area contributed by atoms with Crippen molar-refractivity contribution in [2.24, 2.45) is 11.8 Å². The molecular formula is C13H19N5O4. The second-order valence-corrected chi connectivity index (χ2v) is 5.28. The fourth-order valence-corrected chi connectivity index (χ4v) is 2.56. The molecule has 1 amide bonds. The summed E-state index contributed by atoms with van der Waals surface area (Å²) in [5.74, 6) is -0.730. The number of hydrogen-bond donors (Lipinski definition) is 3. The van der Waals surface area contributed by atoms with Crippen molar-refractivity contribution in [1.29, 1.82) is 0 Å². The summed E-state index contributed by atoms with van der Waals surface area (Å²) < 4.78 is 4.71. The highest BCUT2D eigenvalue weighted by molar-refractivity contribution is 5.79. The van der Waals surface area contributed by atoms with Gasteiger partial charge in [0.15, 0.2) is 0 Å². The first-order valence-corrected chi connectivity index (χ1v) is 7.08. The quantitative estimate of drug-likeness (QED) is 0.627.